The summed E-state index contributed by atoms with van der Waals surface area (Å²) >= 11 is 0. The topological polar surface area (TPSA) is 37.8 Å². The molecule has 3 nitrogen and oxygen atoms in total. The average molecular weight is 207 g/mol. The molecule has 0 aromatic carbocycles. The Morgan fingerprint density at radius 3 is 2.53 bits per heavy atom. The molecule has 1 rings (SSSR count). The van der Waals surface area contributed by atoms with Crippen LogP contribution in [0, 0.1) is 5.41 Å². The van der Waals surface area contributed by atoms with Crippen LogP contribution in [0.1, 0.15) is 45.9 Å². The van der Waals surface area contributed by atoms with E-state index in [9.17, 15) is 0 Å². The summed E-state index contributed by atoms with van der Waals surface area (Å²) in [5, 5.41) is 3.49. The lowest BCUT2D eigenvalue weighted by Crippen LogP contribution is -2.34. The van der Waals surface area contributed by atoms with Gasteiger partial charge in [0.05, 0.1) is 11.7 Å². The molecule has 0 aliphatic carbocycles. The molecule has 84 valence electrons. The van der Waals surface area contributed by atoms with Crippen molar-refractivity contribution >= 4 is 0 Å². The van der Waals surface area contributed by atoms with Crippen LogP contribution in [0.3, 0.4) is 0 Å². The van der Waals surface area contributed by atoms with E-state index in [0.29, 0.717) is 0 Å². The van der Waals surface area contributed by atoms with Gasteiger partial charge in [0, 0.05) is 18.6 Å². The van der Waals surface area contributed by atoms with Crippen molar-refractivity contribution in [3.63, 3.8) is 0 Å². The van der Waals surface area contributed by atoms with Gasteiger partial charge in [0.25, 0.3) is 0 Å². The highest BCUT2D eigenvalue weighted by Gasteiger charge is 2.29. The molecule has 0 bridgehead atoms. The largest absolute Gasteiger partial charge is 0.308 e. The number of hydrogen-bond acceptors (Lipinski definition) is 3. The Hall–Kier alpha value is -0.960. The van der Waals surface area contributed by atoms with Crippen molar-refractivity contribution in [2.75, 3.05) is 6.54 Å². The Labute approximate surface area is 92.3 Å². The quantitative estimate of drug-likeness (QED) is 0.806. The van der Waals surface area contributed by atoms with E-state index in [0.717, 1.165) is 18.7 Å². The molecule has 1 unspecified atom stereocenters. The Kier molecular flexibility index (Phi) is 4.21. The lowest BCUT2D eigenvalue weighted by molar-refractivity contribution is 0.232. The zero-order chi connectivity index (χ0) is 11.3. The summed E-state index contributed by atoms with van der Waals surface area (Å²) < 4.78 is 0. The molecule has 0 aliphatic rings. The van der Waals surface area contributed by atoms with E-state index in [4.69, 9.17) is 0 Å². The maximum atomic E-state index is 4.39. The first-order valence-corrected chi connectivity index (χ1v) is 5.61. The third kappa shape index (κ3) is 2.99. The highest BCUT2D eigenvalue weighted by molar-refractivity contribution is 5.06. The molecule has 3 heteroatoms. The van der Waals surface area contributed by atoms with Gasteiger partial charge in [-0.2, -0.15) is 0 Å². The molecule has 0 saturated heterocycles. The number of hydrogen-bond donors (Lipinski definition) is 1. The van der Waals surface area contributed by atoms with Gasteiger partial charge in [-0.15, -0.1) is 0 Å². The smallest absolute Gasteiger partial charge is 0.0761 e. The van der Waals surface area contributed by atoms with Crippen molar-refractivity contribution in [2.45, 2.75) is 40.2 Å². The zero-order valence-corrected chi connectivity index (χ0v) is 10.1. The fourth-order valence-corrected chi connectivity index (χ4v) is 1.65. The van der Waals surface area contributed by atoms with Gasteiger partial charge < -0.3 is 5.32 Å². The van der Waals surface area contributed by atoms with Crippen molar-refractivity contribution in [3.05, 3.63) is 24.3 Å². The summed E-state index contributed by atoms with van der Waals surface area (Å²) in [6.07, 6.45) is 6.43. The van der Waals surface area contributed by atoms with Crippen molar-refractivity contribution in [1.82, 2.24) is 15.3 Å². The van der Waals surface area contributed by atoms with E-state index in [1.54, 1.807) is 12.4 Å². The van der Waals surface area contributed by atoms with Crippen molar-refractivity contribution in [2.24, 2.45) is 5.41 Å². The van der Waals surface area contributed by atoms with Gasteiger partial charge in [-0.1, -0.05) is 27.7 Å². The fraction of sp³-hybridized carbons (Fsp3) is 0.667. The van der Waals surface area contributed by atoms with Crippen LogP contribution in [-0.4, -0.2) is 16.5 Å². The standard InChI is InChI=1S/C12H21N3/c1-5-12(3,4)11(14-6-2)10-9-13-7-8-15-10/h7-9,11,14H,5-6H2,1-4H3. The third-order valence-corrected chi connectivity index (χ3v) is 2.98. The predicted molar refractivity (Wildman–Crippen MR) is 62.5 cm³/mol. The van der Waals surface area contributed by atoms with Crippen LogP contribution in [-0.2, 0) is 0 Å². The minimum atomic E-state index is 0.200. The molecule has 0 radical (unpaired) electrons. The first-order chi connectivity index (χ1) is 7.11. The SMILES string of the molecule is CCNC(c1cnccn1)C(C)(C)CC. The monoisotopic (exact) mass is 207 g/mol. The Bertz CT molecular complexity index is 282. The molecule has 1 heterocycles. The highest BCUT2D eigenvalue weighted by atomic mass is 15.0. The van der Waals surface area contributed by atoms with Gasteiger partial charge in [-0.3, -0.25) is 9.97 Å². The maximum absolute atomic E-state index is 4.39. The second-order valence-corrected chi connectivity index (χ2v) is 4.46. The molecular weight excluding hydrogens is 186 g/mol. The lowest BCUT2D eigenvalue weighted by atomic mass is 9.80. The number of nitrogens with zero attached hydrogens (tertiary/aromatic N) is 2. The molecular formula is C12H21N3. The minimum absolute atomic E-state index is 0.200. The zero-order valence-electron chi connectivity index (χ0n) is 10.1. The van der Waals surface area contributed by atoms with Crippen LogP contribution in [0.15, 0.2) is 18.6 Å². The maximum Gasteiger partial charge on any atom is 0.0761 e. The first-order valence-electron chi connectivity index (χ1n) is 5.61. The molecule has 0 fully saturated rings. The van der Waals surface area contributed by atoms with E-state index >= 15 is 0 Å². The van der Waals surface area contributed by atoms with Crippen molar-refractivity contribution in [3.8, 4) is 0 Å². The highest BCUT2D eigenvalue weighted by Crippen LogP contribution is 2.34. The Balaban J connectivity index is 2.93. The van der Waals surface area contributed by atoms with Crippen LogP contribution in [0.25, 0.3) is 0 Å². The number of rotatable bonds is 5. The molecule has 1 N–H and O–H groups in total. The third-order valence-electron chi connectivity index (χ3n) is 2.98. The van der Waals surface area contributed by atoms with Crippen molar-refractivity contribution in [1.29, 1.82) is 0 Å². The molecule has 15 heavy (non-hydrogen) atoms. The molecule has 0 spiro atoms. The normalized spacial score (nSPS) is 13.9. The molecule has 0 amide bonds. The van der Waals surface area contributed by atoms with Gasteiger partial charge in [0.2, 0.25) is 0 Å². The van der Waals surface area contributed by atoms with E-state index in [1.165, 1.54) is 0 Å². The van der Waals surface area contributed by atoms with E-state index in [1.807, 2.05) is 6.20 Å². The molecule has 0 aliphatic heterocycles. The number of nitrogens with one attached hydrogen (secondary N) is 1. The van der Waals surface area contributed by atoms with Crippen LogP contribution in [0.4, 0.5) is 0 Å². The van der Waals surface area contributed by atoms with E-state index in [-0.39, 0.29) is 11.5 Å². The summed E-state index contributed by atoms with van der Waals surface area (Å²) in [7, 11) is 0. The molecule has 1 atom stereocenters. The summed E-state index contributed by atoms with van der Waals surface area (Å²) in [5.74, 6) is 0. The second kappa shape index (κ2) is 5.21. The van der Waals surface area contributed by atoms with Crippen LogP contribution in [0.2, 0.25) is 0 Å². The van der Waals surface area contributed by atoms with Crippen LogP contribution in [0.5, 0.6) is 0 Å². The van der Waals surface area contributed by atoms with E-state index in [2.05, 4.69) is 43.0 Å². The molecule has 1 aromatic rings. The summed E-state index contributed by atoms with van der Waals surface area (Å²) in [4.78, 5) is 8.52. The van der Waals surface area contributed by atoms with Gasteiger partial charge in [0.1, 0.15) is 0 Å². The van der Waals surface area contributed by atoms with Gasteiger partial charge in [0.15, 0.2) is 0 Å². The van der Waals surface area contributed by atoms with Gasteiger partial charge >= 0.3 is 0 Å². The molecule has 1 aromatic heterocycles. The summed E-state index contributed by atoms with van der Waals surface area (Å²) in [6.45, 7) is 9.80. The van der Waals surface area contributed by atoms with Crippen molar-refractivity contribution < 1.29 is 0 Å². The average Bonchev–Trinajstić information content (AvgIpc) is 2.27. The van der Waals surface area contributed by atoms with Gasteiger partial charge in [-0.25, -0.2) is 0 Å². The summed E-state index contributed by atoms with van der Waals surface area (Å²) in [6, 6.07) is 0.279. The predicted octanol–water partition coefficient (Wildman–Crippen LogP) is 2.56. The molecule has 0 saturated carbocycles. The summed E-state index contributed by atoms with van der Waals surface area (Å²) in [5.41, 5.74) is 1.23. The van der Waals surface area contributed by atoms with Gasteiger partial charge in [-0.05, 0) is 18.4 Å². The van der Waals surface area contributed by atoms with E-state index < -0.39 is 0 Å². The Morgan fingerprint density at radius 2 is 2.07 bits per heavy atom. The van der Waals surface area contributed by atoms with Crippen LogP contribution < -0.4 is 5.32 Å². The Morgan fingerprint density at radius 1 is 1.33 bits per heavy atom. The second-order valence-electron chi connectivity index (χ2n) is 4.46. The number of aromatic nitrogens is 2. The fourth-order valence-electron chi connectivity index (χ4n) is 1.65. The first kappa shape index (κ1) is 12.1. The van der Waals surface area contributed by atoms with Crippen LogP contribution >= 0.6 is 0 Å². The lowest BCUT2D eigenvalue weighted by Gasteiger charge is -2.33. The minimum Gasteiger partial charge on any atom is -0.308 e.